The topological polar surface area (TPSA) is 35.6 Å². The summed E-state index contributed by atoms with van der Waals surface area (Å²) in [5.74, 6) is 1.04. The van der Waals surface area contributed by atoms with Crippen molar-refractivity contribution in [3.8, 4) is 0 Å². The number of rotatable bonds is 3. The van der Waals surface area contributed by atoms with Gasteiger partial charge in [0.2, 0.25) is 0 Å². The highest BCUT2D eigenvalue weighted by Gasteiger charge is 2.37. The molecule has 2 amide bonds. The summed E-state index contributed by atoms with van der Waals surface area (Å²) in [4.78, 5) is 17.1. The Morgan fingerprint density at radius 1 is 1.45 bits per heavy atom. The lowest BCUT2D eigenvalue weighted by Crippen LogP contribution is -2.57. The fraction of sp³-hybridized carbons (Fsp3) is 0.706. The summed E-state index contributed by atoms with van der Waals surface area (Å²) in [5, 5.41) is 7.43. The molecular formula is C17H27N3OS. The first kappa shape index (κ1) is 15.8. The lowest BCUT2D eigenvalue weighted by atomic mass is 9.84. The smallest absolute Gasteiger partial charge is 0.317 e. The largest absolute Gasteiger partial charge is 0.337 e. The Bertz CT molecular complexity index is 490. The maximum Gasteiger partial charge on any atom is 0.317 e. The van der Waals surface area contributed by atoms with E-state index in [4.69, 9.17) is 0 Å². The Labute approximate surface area is 137 Å². The SMILES string of the molecule is C[C@H](CNC(=O)N1CCC[C@H]2CN(C)CC[C@H]21)c1ccsc1. The molecule has 22 heavy (non-hydrogen) atoms. The fourth-order valence-electron chi connectivity index (χ4n) is 3.85. The van der Waals surface area contributed by atoms with Gasteiger partial charge in [0, 0.05) is 25.7 Å². The predicted octanol–water partition coefficient (Wildman–Crippen LogP) is 2.98. The van der Waals surface area contributed by atoms with Crippen molar-refractivity contribution in [2.45, 2.75) is 38.1 Å². The van der Waals surface area contributed by atoms with Crippen molar-refractivity contribution in [3.05, 3.63) is 22.4 Å². The van der Waals surface area contributed by atoms with Crippen LogP contribution in [-0.4, -0.2) is 55.1 Å². The van der Waals surface area contributed by atoms with E-state index in [1.807, 2.05) is 0 Å². The van der Waals surface area contributed by atoms with Crippen LogP contribution in [0, 0.1) is 5.92 Å². The van der Waals surface area contributed by atoms with Crippen LogP contribution >= 0.6 is 11.3 Å². The van der Waals surface area contributed by atoms with E-state index in [1.165, 1.54) is 12.0 Å². The number of nitrogens with one attached hydrogen (secondary N) is 1. The average Bonchev–Trinajstić information content (AvgIpc) is 3.05. The molecule has 2 fully saturated rings. The molecular weight excluding hydrogens is 294 g/mol. The summed E-state index contributed by atoms with van der Waals surface area (Å²) in [7, 11) is 2.19. The van der Waals surface area contributed by atoms with E-state index in [0.717, 1.165) is 39.0 Å². The molecule has 3 atom stereocenters. The van der Waals surface area contributed by atoms with Gasteiger partial charge in [0.05, 0.1) is 0 Å². The molecule has 3 heterocycles. The van der Waals surface area contributed by atoms with Gasteiger partial charge in [0.15, 0.2) is 0 Å². The number of hydrogen-bond acceptors (Lipinski definition) is 3. The van der Waals surface area contributed by atoms with Crippen LogP contribution in [0.25, 0.3) is 0 Å². The molecule has 1 N–H and O–H groups in total. The molecule has 4 nitrogen and oxygen atoms in total. The number of nitrogens with zero attached hydrogens (tertiary/aromatic N) is 2. The van der Waals surface area contributed by atoms with E-state index in [2.05, 4.69) is 45.9 Å². The van der Waals surface area contributed by atoms with Gasteiger partial charge in [-0.25, -0.2) is 4.79 Å². The van der Waals surface area contributed by atoms with Crippen molar-refractivity contribution in [1.29, 1.82) is 0 Å². The van der Waals surface area contributed by atoms with Crippen molar-refractivity contribution in [1.82, 2.24) is 15.1 Å². The van der Waals surface area contributed by atoms with Gasteiger partial charge in [0.25, 0.3) is 0 Å². The molecule has 0 aliphatic carbocycles. The highest BCUT2D eigenvalue weighted by Crippen LogP contribution is 2.30. The quantitative estimate of drug-likeness (QED) is 0.929. The average molecular weight is 321 g/mol. The minimum Gasteiger partial charge on any atom is -0.337 e. The van der Waals surface area contributed by atoms with Crippen LogP contribution in [-0.2, 0) is 0 Å². The molecule has 122 valence electrons. The minimum atomic E-state index is 0.140. The lowest BCUT2D eigenvalue weighted by molar-refractivity contribution is 0.0533. The summed E-state index contributed by atoms with van der Waals surface area (Å²) in [6.07, 6.45) is 3.53. The van der Waals surface area contributed by atoms with Crippen LogP contribution in [0.15, 0.2) is 16.8 Å². The Balaban J connectivity index is 1.55. The van der Waals surface area contributed by atoms with Crippen LogP contribution in [0.1, 0.15) is 37.7 Å². The van der Waals surface area contributed by atoms with Gasteiger partial charge in [-0.05, 0) is 67.1 Å². The molecule has 0 saturated carbocycles. The molecule has 2 saturated heterocycles. The number of carbonyl (C=O) groups excluding carboxylic acids is 1. The van der Waals surface area contributed by atoms with Crippen LogP contribution in [0.2, 0.25) is 0 Å². The summed E-state index contributed by atoms with van der Waals surface area (Å²) in [5.41, 5.74) is 1.32. The van der Waals surface area contributed by atoms with Crippen LogP contribution < -0.4 is 5.32 Å². The highest BCUT2D eigenvalue weighted by atomic mass is 32.1. The monoisotopic (exact) mass is 321 g/mol. The van der Waals surface area contributed by atoms with E-state index in [1.54, 1.807) is 11.3 Å². The molecule has 0 radical (unpaired) electrons. The predicted molar refractivity (Wildman–Crippen MR) is 91.5 cm³/mol. The van der Waals surface area contributed by atoms with Crippen LogP contribution in [0.3, 0.4) is 0 Å². The third-order valence-electron chi connectivity index (χ3n) is 5.20. The van der Waals surface area contributed by atoms with Gasteiger partial charge >= 0.3 is 6.03 Å². The van der Waals surface area contributed by atoms with Crippen molar-refractivity contribution in [2.24, 2.45) is 5.92 Å². The molecule has 0 spiro atoms. The summed E-state index contributed by atoms with van der Waals surface area (Å²) in [6.45, 7) is 6.07. The Hall–Kier alpha value is -1.07. The van der Waals surface area contributed by atoms with E-state index >= 15 is 0 Å². The number of hydrogen-bond donors (Lipinski definition) is 1. The maximum absolute atomic E-state index is 12.6. The summed E-state index contributed by atoms with van der Waals surface area (Å²) >= 11 is 1.72. The number of amides is 2. The Kier molecular flexibility index (Phi) is 5.03. The second-order valence-corrected chi connectivity index (χ2v) is 7.64. The third kappa shape index (κ3) is 3.46. The molecule has 0 bridgehead atoms. The van der Waals surface area contributed by atoms with E-state index in [0.29, 0.717) is 17.9 Å². The highest BCUT2D eigenvalue weighted by molar-refractivity contribution is 7.07. The second-order valence-electron chi connectivity index (χ2n) is 6.86. The van der Waals surface area contributed by atoms with Gasteiger partial charge in [-0.1, -0.05) is 6.92 Å². The number of thiophene rings is 1. The fourth-order valence-corrected chi connectivity index (χ4v) is 4.63. The van der Waals surface area contributed by atoms with E-state index in [9.17, 15) is 4.79 Å². The van der Waals surface area contributed by atoms with Gasteiger partial charge in [-0.15, -0.1) is 0 Å². The standard InChI is InChI=1S/C17H27N3OS/c1-13(15-6-9-22-12-15)10-18-17(21)20-7-3-4-14-11-19(2)8-5-16(14)20/h6,9,12-14,16H,3-5,7-8,10-11H2,1-2H3,(H,18,21)/t13-,14+,16-/m1/s1. The molecule has 1 aromatic heterocycles. The zero-order valence-corrected chi connectivity index (χ0v) is 14.4. The zero-order chi connectivity index (χ0) is 15.5. The zero-order valence-electron chi connectivity index (χ0n) is 13.6. The molecule has 1 aromatic rings. The van der Waals surface area contributed by atoms with Crippen molar-refractivity contribution in [2.75, 3.05) is 33.2 Å². The molecule has 0 unspecified atom stereocenters. The number of carbonyl (C=O) groups is 1. The Morgan fingerprint density at radius 2 is 2.32 bits per heavy atom. The van der Waals surface area contributed by atoms with Gasteiger partial charge in [-0.2, -0.15) is 11.3 Å². The third-order valence-corrected chi connectivity index (χ3v) is 5.91. The van der Waals surface area contributed by atoms with Crippen LogP contribution in [0.5, 0.6) is 0 Å². The number of urea groups is 1. The molecule has 2 aliphatic rings. The number of piperidine rings is 2. The van der Waals surface area contributed by atoms with Crippen molar-refractivity contribution in [3.63, 3.8) is 0 Å². The van der Waals surface area contributed by atoms with Gasteiger partial charge < -0.3 is 15.1 Å². The molecule has 2 aliphatic heterocycles. The van der Waals surface area contributed by atoms with Gasteiger partial charge in [-0.3, -0.25) is 0 Å². The number of fused-ring (bicyclic) bond motifs is 1. The summed E-state index contributed by atoms with van der Waals surface area (Å²) in [6, 6.07) is 2.73. The first-order valence-corrected chi connectivity index (χ1v) is 9.34. The van der Waals surface area contributed by atoms with Crippen molar-refractivity contribution < 1.29 is 4.79 Å². The van der Waals surface area contributed by atoms with E-state index < -0.39 is 0 Å². The molecule has 0 aromatic carbocycles. The Morgan fingerprint density at radius 3 is 3.09 bits per heavy atom. The second kappa shape index (κ2) is 7.01. The minimum absolute atomic E-state index is 0.140. The maximum atomic E-state index is 12.6. The molecule has 3 rings (SSSR count). The van der Waals surface area contributed by atoms with Crippen molar-refractivity contribution >= 4 is 17.4 Å². The number of likely N-dealkylation sites (tertiary alicyclic amines) is 2. The first-order valence-electron chi connectivity index (χ1n) is 8.40. The van der Waals surface area contributed by atoms with Gasteiger partial charge in [0.1, 0.15) is 0 Å². The lowest BCUT2D eigenvalue weighted by Gasteiger charge is -2.46. The first-order chi connectivity index (χ1) is 10.6. The summed E-state index contributed by atoms with van der Waals surface area (Å²) < 4.78 is 0. The van der Waals surface area contributed by atoms with E-state index in [-0.39, 0.29) is 6.03 Å². The normalized spacial score (nSPS) is 27.3. The molecule has 5 heteroatoms. The van der Waals surface area contributed by atoms with Crippen LogP contribution in [0.4, 0.5) is 4.79 Å².